The lowest BCUT2D eigenvalue weighted by Crippen LogP contribution is -2.34. The van der Waals surface area contributed by atoms with Gasteiger partial charge >= 0.3 is 0 Å². The van der Waals surface area contributed by atoms with E-state index in [-0.39, 0.29) is 18.0 Å². The number of rotatable bonds is 7. The van der Waals surface area contributed by atoms with Gasteiger partial charge in [0.1, 0.15) is 12.3 Å². The summed E-state index contributed by atoms with van der Waals surface area (Å²) >= 11 is 3.42. The van der Waals surface area contributed by atoms with Crippen molar-refractivity contribution in [3.63, 3.8) is 0 Å². The SMILES string of the molecule is COc1ccc(CCNC(=O)Cn2nc(-c3cccc(Br)c3)ccc2=O)cc1. The molecule has 0 aliphatic rings. The van der Waals surface area contributed by atoms with Gasteiger partial charge in [-0.3, -0.25) is 9.59 Å². The molecule has 3 aromatic rings. The van der Waals surface area contributed by atoms with Gasteiger partial charge in [0.15, 0.2) is 0 Å². The van der Waals surface area contributed by atoms with Crippen molar-refractivity contribution in [3.8, 4) is 17.0 Å². The number of aromatic nitrogens is 2. The molecule has 144 valence electrons. The summed E-state index contributed by atoms with van der Waals surface area (Å²) in [6.07, 6.45) is 0.691. The predicted molar refractivity (Wildman–Crippen MR) is 111 cm³/mol. The molecule has 1 heterocycles. The number of hydrogen-bond donors (Lipinski definition) is 1. The first kappa shape index (κ1) is 19.8. The molecular weight excluding hydrogens is 422 g/mol. The van der Waals surface area contributed by atoms with Crippen LogP contribution in [-0.4, -0.2) is 29.3 Å². The highest BCUT2D eigenvalue weighted by Crippen LogP contribution is 2.20. The number of carbonyl (C=O) groups excluding carboxylic acids is 1. The van der Waals surface area contributed by atoms with Gasteiger partial charge in [-0.15, -0.1) is 0 Å². The normalized spacial score (nSPS) is 10.5. The first-order chi connectivity index (χ1) is 13.5. The molecule has 0 spiro atoms. The molecule has 0 bridgehead atoms. The minimum Gasteiger partial charge on any atom is -0.497 e. The van der Waals surface area contributed by atoms with Crippen LogP contribution in [0.1, 0.15) is 5.56 Å². The van der Waals surface area contributed by atoms with Crippen LogP contribution in [0.15, 0.2) is 69.9 Å². The van der Waals surface area contributed by atoms with Crippen molar-refractivity contribution in [2.45, 2.75) is 13.0 Å². The lowest BCUT2D eigenvalue weighted by molar-refractivity contribution is -0.121. The Balaban J connectivity index is 1.60. The molecular formula is C21H20BrN3O3. The Bertz CT molecular complexity index is 1020. The van der Waals surface area contributed by atoms with Crippen LogP contribution in [0.25, 0.3) is 11.3 Å². The van der Waals surface area contributed by atoms with Crippen LogP contribution in [0.2, 0.25) is 0 Å². The summed E-state index contributed by atoms with van der Waals surface area (Å²) in [4.78, 5) is 24.3. The fraction of sp³-hybridized carbons (Fsp3) is 0.190. The molecule has 28 heavy (non-hydrogen) atoms. The van der Waals surface area contributed by atoms with Crippen LogP contribution in [0.3, 0.4) is 0 Å². The van der Waals surface area contributed by atoms with Crippen molar-refractivity contribution in [2.24, 2.45) is 0 Å². The number of amides is 1. The molecule has 0 atom stereocenters. The van der Waals surface area contributed by atoms with Gasteiger partial charge < -0.3 is 10.1 Å². The smallest absolute Gasteiger partial charge is 0.267 e. The summed E-state index contributed by atoms with van der Waals surface area (Å²) in [6.45, 7) is 0.356. The van der Waals surface area contributed by atoms with Gasteiger partial charge in [-0.25, -0.2) is 4.68 Å². The van der Waals surface area contributed by atoms with Gasteiger partial charge in [0, 0.05) is 22.6 Å². The van der Waals surface area contributed by atoms with Gasteiger partial charge in [-0.1, -0.05) is 40.2 Å². The van der Waals surface area contributed by atoms with Crippen molar-refractivity contribution in [3.05, 3.63) is 81.1 Å². The molecule has 0 saturated heterocycles. The minimum absolute atomic E-state index is 0.122. The van der Waals surface area contributed by atoms with Gasteiger partial charge in [0.2, 0.25) is 5.91 Å². The Morgan fingerprint density at radius 2 is 1.93 bits per heavy atom. The molecule has 7 heteroatoms. The lowest BCUT2D eigenvalue weighted by atomic mass is 10.1. The standard InChI is InChI=1S/C21H20BrN3O3/c1-28-18-7-5-15(6-8-18)11-12-23-20(26)14-25-21(27)10-9-19(24-25)16-3-2-4-17(22)13-16/h2-10,13H,11-12,14H2,1H3,(H,23,26). The summed E-state index contributed by atoms with van der Waals surface area (Å²) < 4.78 is 7.22. The summed E-state index contributed by atoms with van der Waals surface area (Å²) in [5.74, 6) is 0.540. The van der Waals surface area contributed by atoms with Crippen LogP contribution < -0.4 is 15.6 Å². The first-order valence-corrected chi connectivity index (χ1v) is 9.58. The summed E-state index contributed by atoms with van der Waals surface area (Å²) in [6, 6.07) is 18.4. The van der Waals surface area contributed by atoms with Crippen molar-refractivity contribution >= 4 is 21.8 Å². The van der Waals surface area contributed by atoms with E-state index in [9.17, 15) is 9.59 Å². The van der Waals surface area contributed by atoms with Gasteiger partial charge in [-0.2, -0.15) is 5.10 Å². The number of ether oxygens (including phenoxy) is 1. The molecule has 1 N–H and O–H groups in total. The average Bonchev–Trinajstić information content (AvgIpc) is 2.70. The molecule has 0 aliphatic heterocycles. The Labute approximate surface area is 171 Å². The van der Waals surface area contributed by atoms with E-state index in [1.54, 1.807) is 13.2 Å². The Morgan fingerprint density at radius 3 is 2.64 bits per heavy atom. The van der Waals surface area contributed by atoms with Crippen LogP contribution in [0, 0.1) is 0 Å². The van der Waals surface area contributed by atoms with E-state index in [1.807, 2.05) is 48.5 Å². The second-order valence-electron chi connectivity index (χ2n) is 6.17. The highest BCUT2D eigenvalue weighted by molar-refractivity contribution is 9.10. The van der Waals surface area contributed by atoms with E-state index >= 15 is 0 Å². The second kappa shape index (κ2) is 9.32. The number of benzene rings is 2. The number of carbonyl (C=O) groups is 1. The highest BCUT2D eigenvalue weighted by atomic mass is 79.9. The largest absolute Gasteiger partial charge is 0.497 e. The Kier molecular flexibility index (Phi) is 6.60. The first-order valence-electron chi connectivity index (χ1n) is 8.79. The number of methoxy groups -OCH3 is 1. The van der Waals surface area contributed by atoms with Crippen molar-refractivity contribution < 1.29 is 9.53 Å². The van der Waals surface area contributed by atoms with E-state index in [1.165, 1.54) is 10.7 Å². The van der Waals surface area contributed by atoms with E-state index < -0.39 is 0 Å². The Morgan fingerprint density at radius 1 is 1.14 bits per heavy atom. The maximum absolute atomic E-state index is 12.2. The lowest BCUT2D eigenvalue weighted by Gasteiger charge is -2.09. The maximum atomic E-state index is 12.2. The molecule has 0 fully saturated rings. The van der Waals surface area contributed by atoms with Crippen molar-refractivity contribution in [2.75, 3.05) is 13.7 Å². The van der Waals surface area contributed by atoms with E-state index in [0.717, 1.165) is 21.3 Å². The molecule has 1 aromatic heterocycles. The molecule has 6 nitrogen and oxygen atoms in total. The fourth-order valence-corrected chi connectivity index (χ4v) is 3.09. The number of hydrogen-bond acceptors (Lipinski definition) is 4. The maximum Gasteiger partial charge on any atom is 0.267 e. The molecule has 0 saturated carbocycles. The third-order valence-electron chi connectivity index (χ3n) is 4.18. The summed E-state index contributed by atoms with van der Waals surface area (Å²) in [7, 11) is 1.62. The number of halogens is 1. The third kappa shape index (κ3) is 5.29. The predicted octanol–water partition coefficient (Wildman–Crippen LogP) is 3.04. The molecule has 0 aliphatic carbocycles. The van der Waals surface area contributed by atoms with E-state index in [0.29, 0.717) is 18.7 Å². The van der Waals surface area contributed by atoms with E-state index in [4.69, 9.17) is 4.74 Å². The molecule has 2 aromatic carbocycles. The molecule has 1 amide bonds. The highest BCUT2D eigenvalue weighted by Gasteiger charge is 2.08. The van der Waals surface area contributed by atoms with Gasteiger partial charge in [-0.05, 0) is 42.3 Å². The summed E-state index contributed by atoms with van der Waals surface area (Å²) in [5, 5.41) is 7.14. The number of nitrogens with zero attached hydrogens (tertiary/aromatic N) is 2. The number of nitrogens with one attached hydrogen (secondary N) is 1. The molecule has 0 unspecified atom stereocenters. The van der Waals surface area contributed by atoms with Crippen LogP contribution in [0.5, 0.6) is 5.75 Å². The zero-order chi connectivity index (χ0) is 19.9. The third-order valence-corrected chi connectivity index (χ3v) is 4.67. The quantitative estimate of drug-likeness (QED) is 0.611. The second-order valence-corrected chi connectivity index (χ2v) is 7.09. The van der Waals surface area contributed by atoms with Crippen LogP contribution >= 0.6 is 15.9 Å². The van der Waals surface area contributed by atoms with Crippen molar-refractivity contribution in [1.82, 2.24) is 15.1 Å². The van der Waals surface area contributed by atoms with Crippen LogP contribution in [-0.2, 0) is 17.8 Å². The van der Waals surface area contributed by atoms with Gasteiger partial charge in [0.05, 0.1) is 12.8 Å². The zero-order valence-electron chi connectivity index (χ0n) is 15.4. The average molecular weight is 442 g/mol. The monoisotopic (exact) mass is 441 g/mol. The van der Waals surface area contributed by atoms with E-state index in [2.05, 4.69) is 26.3 Å². The Hall–Kier alpha value is -2.93. The molecule has 0 radical (unpaired) electrons. The summed E-state index contributed by atoms with van der Waals surface area (Å²) in [5.41, 5.74) is 2.27. The zero-order valence-corrected chi connectivity index (χ0v) is 17.0. The fourth-order valence-electron chi connectivity index (χ4n) is 2.69. The topological polar surface area (TPSA) is 73.2 Å². The van der Waals surface area contributed by atoms with Crippen LogP contribution in [0.4, 0.5) is 0 Å². The van der Waals surface area contributed by atoms with Gasteiger partial charge in [0.25, 0.3) is 5.56 Å². The minimum atomic E-state index is -0.316. The van der Waals surface area contributed by atoms with Crippen molar-refractivity contribution in [1.29, 1.82) is 0 Å². The molecule has 3 rings (SSSR count).